The highest BCUT2D eigenvalue weighted by Crippen LogP contribution is 2.27. The van der Waals surface area contributed by atoms with E-state index in [0.29, 0.717) is 33.3 Å². The Morgan fingerprint density at radius 1 is 1.13 bits per heavy atom. The van der Waals surface area contributed by atoms with Crippen LogP contribution in [0, 0.1) is 5.82 Å². The van der Waals surface area contributed by atoms with Crippen LogP contribution in [0.3, 0.4) is 0 Å². The summed E-state index contributed by atoms with van der Waals surface area (Å²) >= 11 is 3.18. The Morgan fingerprint density at radius 2 is 1.87 bits per heavy atom. The van der Waals surface area contributed by atoms with E-state index < -0.39 is 17.5 Å². The Kier molecular flexibility index (Phi) is 6.58. The molecule has 158 valence electrons. The number of halogens is 2. The van der Waals surface area contributed by atoms with Crippen molar-refractivity contribution in [3.05, 3.63) is 79.4 Å². The molecule has 6 nitrogen and oxygen atoms in total. The van der Waals surface area contributed by atoms with Crippen LogP contribution in [0.25, 0.3) is 11.0 Å². The summed E-state index contributed by atoms with van der Waals surface area (Å²) in [5.41, 5.74) is 2.13. The van der Waals surface area contributed by atoms with Gasteiger partial charge in [-0.15, -0.1) is 0 Å². The number of carbonyl (C=O) groups is 1. The molecule has 0 bridgehead atoms. The van der Waals surface area contributed by atoms with Gasteiger partial charge in [-0.1, -0.05) is 24.3 Å². The predicted molar refractivity (Wildman–Crippen MR) is 116 cm³/mol. The summed E-state index contributed by atoms with van der Waals surface area (Å²) in [6.07, 6.45) is -0.938. The number of fused-ring (bicyclic) bond motifs is 1. The smallest absolute Gasteiger partial charge is 0.407 e. The van der Waals surface area contributed by atoms with Crippen LogP contribution in [0.4, 0.5) is 9.18 Å². The monoisotopic (exact) mass is 476 g/mol. The number of nitrogens with zero attached hydrogens (tertiary/aromatic N) is 2. The van der Waals surface area contributed by atoms with Gasteiger partial charge in [-0.25, -0.2) is 14.0 Å². The lowest BCUT2D eigenvalue weighted by Crippen LogP contribution is -2.24. The molecule has 30 heavy (non-hydrogen) atoms. The normalized spacial score (nSPS) is 11.3. The van der Waals surface area contributed by atoms with Crippen LogP contribution in [0.5, 0.6) is 0 Å². The summed E-state index contributed by atoms with van der Waals surface area (Å²) in [4.78, 5) is 27.0. The Hall–Kier alpha value is -2.71. The van der Waals surface area contributed by atoms with Crippen molar-refractivity contribution in [2.75, 3.05) is 21.1 Å². The molecule has 3 aromatic rings. The lowest BCUT2D eigenvalue weighted by atomic mass is 9.97. The van der Waals surface area contributed by atoms with E-state index in [1.807, 2.05) is 31.1 Å². The first kappa shape index (κ1) is 22.0. The van der Waals surface area contributed by atoms with Crippen molar-refractivity contribution in [3.63, 3.8) is 0 Å². The van der Waals surface area contributed by atoms with Gasteiger partial charge in [0.2, 0.25) is 0 Å². The third kappa shape index (κ3) is 4.71. The van der Waals surface area contributed by atoms with E-state index in [4.69, 9.17) is 9.52 Å². The zero-order chi connectivity index (χ0) is 22.0. The zero-order valence-corrected chi connectivity index (χ0v) is 18.5. The van der Waals surface area contributed by atoms with Gasteiger partial charge < -0.3 is 19.3 Å². The van der Waals surface area contributed by atoms with Crippen LogP contribution in [-0.2, 0) is 19.5 Å². The molecule has 0 fully saturated rings. The maximum absolute atomic E-state index is 14.5. The van der Waals surface area contributed by atoms with Crippen molar-refractivity contribution >= 4 is 33.0 Å². The average molecular weight is 477 g/mol. The fourth-order valence-corrected chi connectivity index (χ4v) is 3.75. The van der Waals surface area contributed by atoms with Crippen LogP contribution in [0.2, 0.25) is 0 Å². The topological polar surface area (TPSA) is 74.0 Å². The molecule has 0 spiro atoms. The van der Waals surface area contributed by atoms with Crippen molar-refractivity contribution in [2.45, 2.75) is 19.5 Å². The third-order valence-electron chi connectivity index (χ3n) is 4.80. The second-order valence-electron chi connectivity index (χ2n) is 7.44. The molecule has 0 aliphatic heterocycles. The molecule has 1 amide bonds. The van der Waals surface area contributed by atoms with E-state index in [-0.39, 0.29) is 13.0 Å². The van der Waals surface area contributed by atoms with Crippen LogP contribution in [0.1, 0.15) is 22.3 Å². The maximum atomic E-state index is 14.5. The Labute approximate surface area is 181 Å². The van der Waals surface area contributed by atoms with Crippen LogP contribution < -0.4 is 5.63 Å². The van der Waals surface area contributed by atoms with E-state index in [0.717, 1.165) is 15.8 Å². The molecule has 1 N–H and O–H groups in total. The Morgan fingerprint density at radius 3 is 2.53 bits per heavy atom. The fourth-order valence-electron chi connectivity index (χ4n) is 3.34. The fraction of sp³-hybridized carbons (Fsp3) is 0.273. The third-order valence-corrected chi connectivity index (χ3v) is 5.42. The van der Waals surface area contributed by atoms with Gasteiger partial charge >= 0.3 is 11.7 Å². The molecule has 1 aromatic heterocycles. The summed E-state index contributed by atoms with van der Waals surface area (Å²) in [5, 5.41) is 9.82. The second-order valence-corrected chi connectivity index (χ2v) is 8.30. The van der Waals surface area contributed by atoms with Gasteiger partial charge in [0.25, 0.3) is 0 Å². The van der Waals surface area contributed by atoms with Gasteiger partial charge in [-0.2, -0.15) is 0 Å². The van der Waals surface area contributed by atoms with E-state index in [2.05, 4.69) is 15.9 Å². The van der Waals surface area contributed by atoms with Crippen LogP contribution in [0.15, 0.2) is 50.1 Å². The minimum Gasteiger partial charge on any atom is -0.465 e. The second kappa shape index (κ2) is 8.97. The lowest BCUT2D eigenvalue weighted by Gasteiger charge is -2.17. The SMILES string of the molecule is CN(C)Cc1c(Cc2cccc(Br)c2F)c(=O)oc2cc(CN(C)C(=O)O)ccc12. The molecule has 1 heterocycles. The number of rotatable bonds is 6. The standard InChI is InChI=1S/C22H22BrFN2O4/c1-25(2)12-17-15-8-7-13(11-26(3)22(28)29)9-19(15)30-21(27)16(17)10-14-5-4-6-18(23)20(14)24/h4-9H,10-12H2,1-3H3,(H,28,29). The molecule has 2 aromatic carbocycles. The maximum Gasteiger partial charge on any atom is 0.407 e. The van der Waals surface area contributed by atoms with Gasteiger partial charge in [-0.05, 0) is 58.8 Å². The molecular formula is C22H22BrFN2O4. The van der Waals surface area contributed by atoms with Crippen molar-refractivity contribution < 1.29 is 18.7 Å². The van der Waals surface area contributed by atoms with Crippen molar-refractivity contribution in [3.8, 4) is 0 Å². The first-order valence-corrected chi connectivity index (χ1v) is 10.1. The average Bonchev–Trinajstić information content (AvgIpc) is 2.67. The van der Waals surface area contributed by atoms with Crippen molar-refractivity contribution in [1.82, 2.24) is 9.80 Å². The summed E-state index contributed by atoms with van der Waals surface area (Å²) in [6, 6.07) is 10.3. The van der Waals surface area contributed by atoms with E-state index in [9.17, 15) is 14.0 Å². The molecule has 0 atom stereocenters. The summed E-state index contributed by atoms with van der Waals surface area (Å²) in [5.74, 6) is -0.403. The van der Waals surface area contributed by atoms with Crippen LogP contribution in [-0.4, -0.2) is 42.1 Å². The minimum atomic E-state index is -1.05. The van der Waals surface area contributed by atoms with E-state index >= 15 is 0 Å². The highest BCUT2D eigenvalue weighted by atomic mass is 79.9. The highest BCUT2D eigenvalue weighted by Gasteiger charge is 2.19. The molecule has 0 unspecified atom stereocenters. The number of hydrogen-bond donors (Lipinski definition) is 1. The molecule has 0 saturated carbocycles. The Bertz CT molecular complexity index is 1160. The van der Waals surface area contributed by atoms with E-state index in [1.165, 1.54) is 7.05 Å². The van der Waals surface area contributed by atoms with Crippen LogP contribution >= 0.6 is 15.9 Å². The summed E-state index contributed by atoms with van der Waals surface area (Å²) in [6.45, 7) is 0.643. The summed E-state index contributed by atoms with van der Waals surface area (Å²) in [7, 11) is 5.25. The van der Waals surface area contributed by atoms with Crippen molar-refractivity contribution in [1.29, 1.82) is 0 Å². The first-order valence-electron chi connectivity index (χ1n) is 9.26. The molecule has 8 heteroatoms. The number of benzene rings is 2. The zero-order valence-electron chi connectivity index (χ0n) is 16.9. The van der Waals surface area contributed by atoms with E-state index in [1.54, 1.807) is 24.3 Å². The first-order chi connectivity index (χ1) is 14.2. The highest BCUT2D eigenvalue weighted by molar-refractivity contribution is 9.10. The number of carboxylic acid groups (broad SMARTS) is 1. The number of amides is 1. The van der Waals surface area contributed by atoms with Gasteiger partial charge in [0.05, 0.1) is 4.47 Å². The quantitative estimate of drug-likeness (QED) is 0.531. The molecular weight excluding hydrogens is 455 g/mol. The van der Waals surface area contributed by atoms with Gasteiger partial charge in [0.1, 0.15) is 11.4 Å². The summed E-state index contributed by atoms with van der Waals surface area (Å²) < 4.78 is 20.4. The molecule has 0 radical (unpaired) electrons. The molecule has 0 saturated heterocycles. The molecule has 0 aliphatic rings. The lowest BCUT2D eigenvalue weighted by molar-refractivity contribution is 0.153. The Balaban J connectivity index is 2.13. The minimum absolute atomic E-state index is 0.107. The van der Waals surface area contributed by atoms with Gasteiger partial charge in [0.15, 0.2) is 0 Å². The molecule has 0 aliphatic carbocycles. The number of hydrogen-bond acceptors (Lipinski definition) is 4. The largest absolute Gasteiger partial charge is 0.465 e. The van der Waals surface area contributed by atoms with Gasteiger partial charge in [0, 0.05) is 37.5 Å². The van der Waals surface area contributed by atoms with Gasteiger partial charge in [-0.3, -0.25) is 0 Å². The molecule has 3 rings (SSSR count). The predicted octanol–water partition coefficient (Wildman–Crippen LogP) is 4.46. The van der Waals surface area contributed by atoms with Crippen molar-refractivity contribution in [2.24, 2.45) is 0 Å².